The van der Waals surface area contributed by atoms with Crippen LogP contribution in [0.15, 0.2) is 18.2 Å². The van der Waals surface area contributed by atoms with Gasteiger partial charge in [0.2, 0.25) is 0 Å². The van der Waals surface area contributed by atoms with Crippen LogP contribution in [0.25, 0.3) is 0 Å². The van der Waals surface area contributed by atoms with E-state index in [0.717, 1.165) is 18.2 Å². The van der Waals surface area contributed by atoms with Gasteiger partial charge in [0.05, 0.1) is 5.56 Å². The van der Waals surface area contributed by atoms with Crippen LogP contribution in [0.3, 0.4) is 0 Å². The summed E-state index contributed by atoms with van der Waals surface area (Å²) in [7, 11) is 0. The van der Waals surface area contributed by atoms with Crippen LogP contribution >= 0.6 is 0 Å². The van der Waals surface area contributed by atoms with Crippen molar-refractivity contribution in [3.63, 3.8) is 0 Å². The minimum absolute atomic E-state index is 0.0559. The van der Waals surface area contributed by atoms with Gasteiger partial charge in [0.1, 0.15) is 5.82 Å². The van der Waals surface area contributed by atoms with Crippen molar-refractivity contribution in [1.29, 1.82) is 0 Å². The highest BCUT2D eigenvalue weighted by Gasteiger charge is 2.36. The summed E-state index contributed by atoms with van der Waals surface area (Å²) in [5, 5.41) is 18.4. The number of aliphatic hydroxyl groups excluding tert-OH is 2. The Kier molecular flexibility index (Phi) is 4.85. The minimum Gasteiger partial charge on any atom is -0.396 e. The molecule has 0 aliphatic carbocycles. The molecule has 1 aliphatic heterocycles. The van der Waals surface area contributed by atoms with Crippen molar-refractivity contribution in [2.45, 2.75) is 12.7 Å². The highest BCUT2D eigenvalue weighted by Crippen LogP contribution is 2.34. The fraction of sp³-hybridized carbons (Fsp3) is 0.571. The van der Waals surface area contributed by atoms with Gasteiger partial charge in [-0.25, -0.2) is 4.39 Å². The smallest absolute Gasteiger partial charge is 0.396 e. The van der Waals surface area contributed by atoms with Crippen molar-refractivity contribution in [3.8, 4) is 0 Å². The van der Waals surface area contributed by atoms with Gasteiger partial charge < -0.3 is 10.2 Å². The zero-order chi connectivity index (χ0) is 15.6. The fourth-order valence-electron chi connectivity index (χ4n) is 2.79. The molecule has 2 atom stereocenters. The van der Waals surface area contributed by atoms with Crippen molar-refractivity contribution in [2.75, 3.05) is 26.3 Å². The van der Waals surface area contributed by atoms with Gasteiger partial charge in [-0.1, -0.05) is 0 Å². The standard InChI is InChI=1S/C14H17F4NO2/c15-12-1-2-13(14(16,17)18)9(3-12)4-19-5-10(7-20)11(6-19)8-21/h1-3,10-11,20-21H,4-8H2/t10-,11-/m0/s1. The topological polar surface area (TPSA) is 43.7 Å². The average molecular weight is 307 g/mol. The Morgan fingerprint density at radius 1 is 1.10 bits per heavy atom. The molecular weight excluding hydrogens is 290 g/mol. The van der Waals surface area contributed by atoms with Crippen LogP contribution in [0.2, 0.25) is 0 Å². The number of hydrogen-bond acceptors (Lipinski definition) is 3. The number of benzene rings is 1. The summed E-state index contributed by atoms with van der Waals surface area (Å²) < 4.78 is 52.0. The van der Waals surface area contributed by atoms with E-state index in [1.807, 2.05) is 0 Å². The third-order valence-corrected chi connectivity index (χ3v) is 3.89. The van der Waals surface area contributed by atoms with E-state index < -0.39 is 17.6 Å². The fourth-order valence-corrected chi connectivity index (χ4v) is 2.79. The predicted octanol–water partition coefficient (Wildman–Crippen LogP) is 1.88. The van der Waals surface area contributed by atoms with E-state index in [1.54, 1.807) is 4.90 Å². The molecule has 1 fully saturated rings. The highest BCUT2D eigenvalue weighted by atomic mass is 19.4. The van der Waals surface area contributed by atoms with Crippen LogP contribution in [0.5, 0.6) is 0 Å². The maximum absolute atomic E-state index is 13.2. The number of nitrogens with zero attached hydrogens (tertiary/aromatic N) is 1. The minimum atomic E-state index is -4.53. The molecule has 0 radical (unpaired) electrons. The zero-order valence-corrected chi connectivity index (χ0v) is 11.3. The molecule has 1 aromatic rings. The van der Waals surface area contributed by atoms with Crippen LogP contribution in [0.4, 0.5) is 17.6 Å². The van der Waals surface area contributed by atoms with Gasteiger partial charge >= 0.3 is 6.18 Å². The molecule has 2 rings (SSSR count). The lowest BCUT2D eigenvalue weighted by atomic mass is 9.98. The summed E-state index contributed by atoms with van der Waals surface area (Å²) in [6, 6.07) is 2.43. The molecule has 1 saturated heterocycles. The second-order valence-corrected chi connectivity index (χ2v) is 5.38. The monoisotopic (exact) mass is 307 g/mol. The molecular formula is C14H17F4NO2. The zero-order valence-electron chi connectivity index (χ0n) is 11.3. The van der Waals surface area contributed by atoms with Crippen LogP contribution in [0, 0.1) is 17.7 Å². The Bertz CT molecular complexity index is 480. The first kappa shape index (κ1) is 16.2. The van der Waals surface area contributed by atoms with Gasteiger partial charge in [0.25, 0.3) is 0 Å². The first-order chi connectivity index (χ1) is 9.85. The summed E-state index contributed by atoms with van der Waals surface area (Å²) in [5.41, 5.74) is -0.977. The van der Waals surface area contributed by atoms with E-state index in [-0.39, 0.29) is 37.2 Å². The molecule has 3 nitrogen and oxygen atoms in total. The molecule has 2 N–H and O–H groups in total. The number of alkyl halides is 3. The van der Waals surface area contributed by atoms with Gasteiger partial charge in [0.15, 0.2) is 0 Å². The second kappa shape index (κ2) is 6.29. The van der Waals surface area contributed by atoms with Crippen LogP contribution in [-0.4, -0.2) is 41.4 Å². The average Bonchev–Trinajstić information content (AvgIpc) is 2.79. The van der Waals surface area contributed by atoms with Gasteiger partial charge in [0, 0.05) is 44.7 Å². The molecule has 0 unspecified atom stereocenters. The Morgan fingerprint density at radius 2 is 1.67 bits per heavy atom. The van der Waals surface area contributed by atoms with Crippen LogP contribution in [0.1, 0.15) is 11.1 Å². The SMILES string of the molecule is OC[C@@H]1CN(Cc2cc(F)ccc2C(F)(F)F)C[C@H]1CO. The lowest BCUT2D eigenvalue weighted by Gasteiger charge is -2.19. The normalized spacial score (nSPS) is 23.7. The Morgan fingerprint density at radius 3 is 2.14 bits per heavy atom. The molecule has 1 aromatic carbocycles. The van der Waals surface area contributed by atoms with E-state index in [2.05, 4.69) is 0 Å². The molecule has 0 amide bonds. The largest absolute Gasteiger partial charge is 0.416 e. The molecule has 1 aliphatic rings. The molecule has 118 valence electrons. The summed E-state index contributed by atoms with van der Waals surface area (Å²) in [4.78, 5) is 1.70. The Hall–Kier alpha value is -1.18. The molecule has 0 saturated carbocycles. The third-order valence-electron chi connectivity index (χ3n) is 3.89. The van der Waals surface area contributed by atoms with Gasteiger partial charge in [-0.15, -0.1) is 0 Å². The third kappa shape index (κ3) is 3.72. The summed E-state index contributed by atoms with van der Waals surface area (Å²) in [6.07, 6.45) is -4.53. The van der Waals surface area contributed by atoms with Crippen LogP contribution < -0.4 is 0 Å². The first-order valence-electron chi connectivity index (χ1n) is 6.64. The molecule has 1 heterocycles. The van der Waals surface area contributed by atoms with E-state index >= 15 is 0 Å². The quantitative estimate of drug-likeness (QED) is 0.835. The lowest BCUT2D eigenvalue weighted by Crippen LogP contribution is -2.23. The van der Waals surface area contributed by atoms with Crippen molar-refractivity contribution in [1.82, 2.24) is 4.90 Å². The van der Waals surface area contributed by atoms with E-state index in [4.69, 9.17) is 0 Å². The van der Waals surface area contributed by atoms with Crippen molar-refractivity contribution in [3.05, 3.63) is 35.1 Å². The number of hydrogen-bond donors (Lipinski definition) is 2. The van der Waals surface area contributed by atoms with E-state index in [1.165, 1.54) is 0 Å². The first-order valence-corrected chi connectivity index (χ1v) is 6.64. The second-order valence-electron chi connectivity index (χ2n) is 5.38. The van der Waals surface area contributed by atoms with Gasteiger partial charge in [-0.2, -0.15) is 13.2 Å². The van der Waals surface area contributed by atoms with E-state index in [0.29, 0.717) is 13.1 Å². The van der Waals surface area contributed by atoms with Crippen molar-refractivity contribution < 1.29 is 27.8 Å². The maximum atomic E-state index is 13.2. The highest BCUT2D eigenvalue weighted by molar-refractivity contribution is 5.30. The molecule has 0 bridgehead atoms. The van der Waals surface area contributed by atoms with Crippen LogP contribution in [-0.2, 0) is 12.7 Å². The number of halogens is 4. The summed E-state index contributed by atoms with van der Waals surface area (Å²) in [5.74, 6) is -1.05. The maximum Gasteiger partial charge on any atom is 0.416 e. The Labute approximate surface area is 119 Å². The van der Waals surface area contributed by atoms with Crippen molar-refractivity contribution >= 4 is 0 Å². The molecule has 21 heavy (non-hydrogen) atoms. The summed E-state index contributed by atoms with van der Waals surface area (Å²) >= 11 is 0. The summed E-state index contributed by atoms with van der Waals surface area (Å²) in [6.45, 7) is 0.457. The number of likely N-dealkylation sites (tertiary alicyclic amines) is 1. The predicted molar refractivity (Wildman–Crippen MR) is 67.8 cm³/mol. The van der Waals surface area contributed by atoms with Crippen molar-refractivity contribution in [2.24, 2.45) is 11.8 Å². The van der Waals surface area contributed by atoms with Gasteiger partial charge in [-0.3, -0.25) is 4.90 Å². The van der Waals surface area contributed by atoms with Gasteiger partial charge in [-0.05, 0) is 23.8 Å². The Balaban J connectivity index is 2.18. The molecule has 0 aromatic heterocycles. The van der Waals surface area contributed by atoms with E-state index in [9.17, 15) is 27.8 Å². The number of aliphatic hydroxyl groups is 2. The number of rotatable bonds is 4. The lowest BCUT2D eigenvalue weighted by molar-refractivity contribution is -0.138. The molecule has 0 spiro atoms. The molecule has 7 heteroatoms.